The molecule has 1 saturated heterocycles. The van der Waals surface area contributed by atoms with Gasteiger partial charge < -0.3 is 16.0 Å². The highest BCUT2D eigenvalue weighted by molar-refractivity contribution is 7.91. The Balaban J connectivity index is 1.97. The molecule has 134 valence electrons. The van der Waals surface area contributed by atoms with Crippen molar-refractivity contribution in [2.75, 3.05) is 39.3 Å². The molecule has 0 aliphatic carbocycles. The number of carbonyl (C=O) groups excluding carboxylic acids is 2. The normalized spacial score (nSPS) is 16.7. The number of sulfonamides is 1. The van der Waals surface area contributed by atoms with Crippen molar-refractivity contribution in [1.29, 1.82) is 0 Å². The number of halogens is 1. The Hall–Kier alpha value is -1.20. The molecule has 2 rings (SSSR count). The van der Waals surface area contributed by atoms with E-state index < -0.39 is 15.9 Å². The lowest BCUT2D eigenvalue weighted by Gasteiger charge is -2.21. The minimum atomic E-state index is -3.60. The van der Waals surface area contributed by atoms with Crippen LogP contribution >= 0.6 is 22.9 Å². The van der Waals surface area contributed by atoms with E-state index in [1.807, 2.05) is 0 Å². The summed E-state index contributed by atoms with van der Waals surface area (Å²) in [6.07, 6.45) is 0.523. The fraction of sp³-hybridized carbons (Fsp3) is 0.538. The van der Waals surface area contributed by atoms with Crippen LogP contribution in [0.5, 0.6) is 0 Å². The monoisotopic (exact) mass is 394 g/mol. The minimum Gasteiger partial charge on any atom is -0.346 e. The van der Waals surface area contributed by atoms with E-state index in [1.165, 1.54) is 10.4 Å². The second-order valence-corrected chi connectivity index (χ2v) is 9.06. The summed E-state index contributed by atoms with van der Waals surface area (Å²) >= 11 is 6.83. The molecule has 0 aromatic carbocycles. The van der Waals surface area contributed by atoms with E-state index in [1.54, 1.807) is 11.0 Å². The van der Waals surface area contributed by atoms with Gasteiger partial charge in [0.1, 0.15) is 4.21 Å². The molecule has 0 bridgehead atoms. The van der Waals surface area contributed by atoms with Crippen molar-refractivity contribution >= 4 is 44.8 Å². The van der Waals surface area contributed by atoms with Crippen LogP contribution in [0.3, 0.4) is 0 Å². The van der Waals surface area contributed by atoms with Gasteiger partial charge in [0.15, 0.2) is 0 Å². The molecule has 0 spiro atoms. The summed E-state index contributed by atoms with van der Waals surface area (Å²) in [7, 11) is -3.60. The Labute approximate surface area is 149 Å². The predicted octanol–water partition coefficient (Wildman–Crippen LogP) is -0.301. The summed E-state index contributed by atoms with van der Waals surface area (Å²) in [6.45, 7) is 0.932. The first-order chi connectivity index (χ1) is 11.3. The third kappa shape index (κ3) is 4.67. The van der Waals surface area contributed by atoms with Crippen molar-refractivity contribution in [3.05, 3.63) is 16.5 Å². The SMILES string of the molecule is NCC(=O)NCC(=O)N1CCCN(S(=O)(=O)c2ccc(Cl)s2)CC1. The maximum Gasteiger partial charge on any atom is 0.252 e. The van der Waals surface area contributed by atoms with E-state index in [2.05, 4.69) is 5.32 Å². The van der Waals surface area contributed by atoms with Gasteiger partial charge in [0.25, 0.3) is 10.0 Å². The Morgan fingerprint density at radius 1 is 1.25 bits per heavy atom. The van der Waals surface area contributed by atoms with Crippen molar-refractivity contribution in [3.63, 3.8) is 0 Å². The van der Waals surface area contributed by atoms with Crippen LogP contribution in [-0.2, 0) is 19.6 Å². The Morgan fingerprint density at radius 2 is 2.00 bits per heavy atom. The third-order valence-electron chi connectivity index (χ3n) is 3.57. The van der Waals surface area contributed by atoms with Gasteiger partial charge in [-0.05, 0) is 18.6 Å². The molecule has 1 aliphatic rings. The zero-order chi connectivity index (χ0) is 17.7. The molecular formula is C13H19ClN4O4S2. The summed E-state index contributed by atoms with van der Waals surface area (Å²) in [5, 5.41) is 2.42. The maximum absolute atomic E-state index is 12.6. The van der Waals surface area contributed by atoms with Gasteiger partial charge in [-0.1, -0.05) is 11.6 Å². The van der Waals surface area contributed by atoms with Crippen LogP contribution < -0.4 is 11.1 Å². The van der Waals surface area contributed by atoms with Crippen LogP contribution in [0.15, 0.2) is 16.3 Å². The van der Waals surface area contributed by atoms with Crippen molar-refractivity contribution in [2.24, 2.45) is 5.73 Å². The number of hydrogen-bond acceptors (Lipinski definition) is 6. The zero-order valence-corrected chi connectivity index (χ0v) is 15.3. The molecule has 2 amide bonds. The van der Waals surface area contributed by atoms with Crippen molar-refractivity contribution in [1.82, 2.24) is 14.5 Å². The molecule has 0 radical (unpaired) electrons. The van der Waals surface area contributed by atoms with E-state index in [9.17, 15) is 18.0 Å². The van der Waals surface area contributed by atoms with Crippen molar-refractivity contribution in [3.8, 4) is 0 Å². The lowest BCUT2D eigenvalue weighted by Crippen LogP contribution is -2.43. The highest BCUT2D eigenvalue weighted by Crippen LogP contribution is 2.28. The fourth-order valence-corrected chi connectivity index (χ4v) is 5.41. The molecule has 3 N–H and O–H groups in total. The number of carbonyl (C=O) groups is 2. The van der Waals surface area contributed by atoms with Crippen molar-refractivity contribution in [2.45, 2.75) is 10.6 Å². The van der Waals surface area contributed by atoms with Crippen LogP contribution in [0.4, 0.5) is 0 Å². The smallest absolute Gasteiger partial charge is 0.252 e. The summed E-state index contributed by atoms with van der Waals surface area (Å²) < 4.78 is 27.1. The lowest BCUT2D eigenvalue weighted by atomic mass is 10.4. The standard InChI is InChI=1S/C13H19ClN4O4S2/c14-10-2-3-13(23-10)24(21,22)18-5-1-4-17(6-7-18)12(20)9-16-11(19)8-15/h2-3H,1,4-9,15H2,(H,16,19). The fourth-order valence-electron chi connectivity index (χ4n) is 2.31. The minimum absolute atomic E-state index is 0.136. The van der Waals surface area contributed by atoms with E-state index >= 15 is 0 Å². The second kappa shape index (κ2) is 8.26. The first-order valence-electron chi connectivity index (χ1n) is 7.34. The van der Waals surface area contributed by atoms with E-state index in [-0.39, 0.29) is 36.3 Å². The summed E-state index contributed by atoms with van der Waals surface area (Å²) in [5.74, 6) is -0.660. The summed E-state index contributed by atoms with van der Waals surface area (Å²) in [5.41, 5.74) is 5.17. The lowest BCUT2D eigenvalue weighted by molar-refractivity contribution is -0.132. The quantitative estimate of drug-likeness (QED) is 0.711. The first-order valence-corrected chi connectivity index (χ1v) is 9.98. The van der Waals surface area contributed by atoms with E-state index in [4.69, 9.17) is 17.3 Å². The average molecular weight is 395 g/mol. The number of thiophene rings is 1. The number of nitrogens with zero attached hydrogens (tertiary/aromatic N) is 2. The van der Waals surface area contributed by atoms with Gasteiger partial charge in [0.2, 0.25) is 11.8 Å². The van der Waals surface area contributed by atoms with Gasteiger partial charge in [-0.15, -0.1) is 11.3 Å². The Bertz CT molecular complexity index is 707. The van der Waals surface area contributed by atoms with Gasteiger partial charge >= 0.3 is 0 Å². The van der Waals surface area contributed by atoms with E-state index in [0.29, 0.717) is 23.8 Å². The maximum atomic E-state index is 12.6. The van der Waals surface area contributed by atoms with Crippen molar-refractivity contribution < 1.29 is 18.0 Å². The highest BCUT2D eigenvalue weighted by Gasteiger charge is 2.29. The molecule has 11 heteroatoms. The third-order valence-corrected chi connectivity index (χ3v) is 7.17. The summed E-state index contributed by atoms with van der Waals surface area (Å²) in [6, 6.07) is 3.03. The van der Waals surface area contributed by atoms with Crippen LogP contribution in [0, 0.1) is 0 Å². The topological polar surface area (TPSA) is 113 Å². The molecular weight excluding hydrogens is 376 g/mol. The van der Waals surface area contributed by atoms with Gasteiger partial charge in [-0.3, -0.25) is 9.59 Å². The molecule has 2 heterocycles. The largest absolute Gasteiger partial charge is 0.346 e. The van der Waals surface area contributed by atoms with Crippen LogP contribution in [0.1, 0.15) is 6.42 Å². The molecule has 1 aromatic heterocycles. The number of hydrogen-bond donors (Lipinski definition) is 2. The molecule has 0 saturated carbocycles. The van der Waals surface area contributed by atoms with E-state index in [0.717, 1.165) is 11.3 Å². The molecule has 24 heavy (non-hydrogen) atoms. The average Bonchev–Trinajstić information content (AvgIpc) is 2.85. The molecule has 1 fully saturated rings. The molecule has 1 aromatic rings. The van der Waals surface area contributed by atoms with Gasteiger partial charge in [0.05, 0.1) is 17.4 Å². The number of amides is 2. The van der Waals surface area contributed by atoms with Crippen LogP contribution in [-0.4, -0.2) is 68.7 Å². The van der Waals surface area contributed by atoms with Crippen LogP contribution in [0.2, 0.25) is 4.34 Å². The van der Waals surface area contributed by atoms with Gasteiger partial charge in [0, 0.05) is 26.2 Å². The molecule has 0 atom stereocenters. The molecule has 8 nitrogen and oxygen atoms in total. The molecule has 0 unspecified atom stereocenters. The van der Waals surface area contributed by atoms with Gasteiger partial charge in [-0.25, -0.2) is 8.42 Å². The Morgan fingerprint density at radius 3 is 2.62 bits per heavy atom. The number of rotatable bonds is 5. The molecule has 1 aliphatic heterocycles. The predicted molar refractivity (Wildman–Crippen MR) is 91.3 cm³/mol. The van der Waals surface area contributed by atoms with Crippen LogP contribution in [0.25, 0.3) is 0 Å². The summed E-state index contributed by atoms with van der Waals surface area (Å²) in [4.78, 5) is 24.7. The highest BCUT2D eigenvalue weighted by atomic mass is 35.5. The Kier molecular flexibility index (Phi) is 6.58. The number of nitrogens with one attached hydrogen (secondary N) is 1. The number of nitrogens with two attached hydrogens (primary N) is 1. The first kappa shape index (κ1) is 19.1. The van der Waals surface area contributed by atoms with Gasteiger partial charge in [-0.2, -0.15) is 4.31 Å². The second-order valence-electron chi connectivity index (χ2n) is 5.18. The zero-order valence-electron chi connectivity index (χ0n) is 12.9.